The summed E-state index contributed by atoms with van der Waals surface area (Å²) in [4.78, 5) is 14.6. The number of carbonyl (C=O) groups excluding carboxylic acids is 1. The van der Waals surface area contributed by atoms with Crippen LogP contribution in [0.2, 0.25) is 5.02 Å². The SMILES string of the molecule is Cc1cccc([C@@H]2CCCN2C(=O)c2nn(C)cc2Cl)c1. The zero-order chi connectivity index (χ0) is 15.0. The molecule has 0 radical (unpaired) electrons. The molecule has 5 heteroatoms. The molecule has 2 heterocycles. The summed E-state index contributed by atoms with van der Waals surface area (Å²) >= 11 is 6.11. The highest BCUT2D eigenvalue weighted by molar-refractivity contribution is 6.33. The molecule has 0 saturated carbocycles. The second kappa shape index (κ2) is 5.53. The van der Waals surface area contributed by atoms with Crippen molar-refractivity contribution in [1.82, 2.24) is 14.7 Å². The third kappa shape index (κ3) is 2.68. The second-order valence-corrected chi connectivity index (χ2v) is 5.98. The molecule has 0 unspecified atom stereocenters. The maximum Gasteiger partial charge on any atom is 0.276 e. The average molecular weight is 304 g/mol. The Labute approximate surface area is 129 Å². The summed E-state index contributed by atoms with van der Waals surface area (Å²) in [5.74, 6) is -0.0791. The van der Waals surface area contributed by atoms with Gasteiger partial charge in [-0.15, -0.1) is 0 Å². The highest BCUT2D eigenvalue weighted by atomic mass is 35.5. The fourth-order valence-electron chi connectivity index (χ4n) is 2.97. The lowest BCUT2D eigenvalue weighted by Gasteiger charge is -2.24. The van der Waals surface area contributed by atoms with Gasteiger partial charge in [0.25, 0.3) is 5.91 Å². The minimum Gasteiger partial charge on any atom is -0.330 e. The summed E-state index contributed by atoms with van der Waals surface area (Å²) in [5.41, 5.74) is 2.74. The molecule has 3 rings (SSSR count). The second-order valence-electron chi connectivity index (χ2n) is 5.57. The summed E-state index contributed by atoms with van der Waals surface area (Å²) in [6.07, 6.45) is 3.65. The van der Waals surface area contributed by atoms with Crippen molar-refractivity contribution in [3.63, 3.8) is 0 Å². The molecule has 0 bridgehead atoms. The van der Waals surface area contributed by atoms with Gasteiger partial charge in [-0.3, -0.25) is 9.48 Å². The zero-order valence-corrected chi connectivity index (χ0v) is 13.0. The summed E-state index contributed by atoms with van der Waals surface area (Å²) in [6.45, 7) is 2.82. The van der Waals surface area contributed by atoms with Crippen LogP contribution in [-0.4, -0.2) is 27.1 Å². The van der Waals surface area contributed by atoms with Gasteiger partial charge in [0, 0.05) is 19.8 Å². The fourth-order valence-corrected chi connectivity index (χ4v) is 3.23. The number of carbonyl (C=O) groups is 1. The Kier molecular flexibility index (Phi) is 3.72. The van der Waals surface area contributed by atoms with E-state index in [0.29, 0.717) is 10.7 Å². The molecule has 4 nitrogen and oxygen atoms in total. The topological polar surface area (TPSA) is 38.1 Å². The lowest BCUT2D eigenvalue weighted by Crippen LogP contribution is -2.31. The van der Waals surface area contributed by atoms with Crippen LogP contribution in [0, 0.1) is 6.92 Å². The Balaban J connectivity index is 1.90. The van der Waals surface area contributed by atoms with Gasteiger partial charge in [0.1, 0.15) is 0 Å². The highest BCUT2D eigenvalue weighted by Crippen LogP contribution is 2.34. The smallest absolute Gasteiger partial charge is 0.276 e. The lowest BCUT2D eigenvalue weighted by atomic mass is 10.0. The van der Waals surface area contributed by atoms with Crippen LogP contribution in [0.5, 0.6) is 0 Å². The number of aromatic nitrogens is 2. The molecule has 0 aliphatic carbocycles. The highest BCUT2D eigenvalue weighted by Gasteiger charge is 2.32. The Bertz CT molecular complexity index is 680. The minimum atomic E-state index is -0.0791. The predicted octanol–water partition coefficient (Wildman–Crippen LogP) is 3.36. The molecule has 1 aromatic heterocycles. The van der Waals surface area contributed by atoms with Gasteiger partial charge >= 0.3 is 0 Å². The monoisotopic (exact) mass is 303 g/mol. The first-order valence-electron chi connectivity index (χ1n) is 7.13. The molecule has 1 atom stereocenters. The van der Waals surface area contributed by atoms with Gasteiger partial charge in [-0.1, -0.05) is 41.4 Å². The van der Waals surface area contributed by atoms with Crippen LogP contribution in [0.1, 0.15) is 40.5 Å². The Hall–Kier alpha value is -1.81. The molecule has 1 fully saturated rings. The number of amides is 1. The number of likely N-dealkylation sites (tertiary alicyclic amines) is 1. The van der Waals surface area contributed by atoms with Crippen molar-refractivity contribution in [2.75, 3.05) is 6.54 Å². The molecule has 0 spiro atoms. The largest absolute Gasteiger partial charge is 0.330 e. The maximum absolute atomic E-state index is 12.7. The standard InChI is InChI=1S/C16H18ClN3O/c1-11-5-3-6-12(9-11)14-7-4-8-20(14)16(21)15-13(17)10-19(2)18-15/h3,5-6,9-10,14H,4,7-8H2,1-2H3/t14-/m0/s1. The molecule has 1 aromatic carbocycles. The van der Waals surface area contributed by atoms with Crippen molar-refractivity contribution in [1.29, 1.82) is 0 Å². The molecule has 21 heavy (non-hydrogen) atoms. The average Bonchev–Trinajstić information content (AvgIpc) is 3.04. The number of hydrogen-bond donors (Lipinski definition) is 0. The number of aryl methyl sites for hydroxylation is 2. The van der Waals surface area contributed by atoms with Crippen LogP contribution in [0.15, 0.2) is 30.5 Å². The Morgan fingerprint density at radius 1 is 1.43 bits per heavy atom. The quantitative estimate of drug-likeness (QED) is 0.853. The third-order valence-corrected chi connectivity index (χ3v) is 4.20. The Morgan fingerprint density at radius 3 is 2.90 bits per heavy atom. The van der Waals surface area contributed by atoms with Crippen LogP contribution in [0.25, 0.3) is 0 Å². The zero-order valence-electron chi connectivity index (χ0n) is 12.2. The number of rotatable bonds is 2. The number of benzene rings is 1. The van der Waals surface area contributed by atoms with Gasteiger partial charge in [-0.2, -0.15) is 5.10 Å². The number of hydrogen-bond acceptors (Lipinski definition) is 2. The van der Waals surface area contributed by atoms with E-state index >= 15 is 0 Å². The van der Waals surface area contributed by atoms with Crippen LogP contribution in [0.3, 0.4) is 0 Å². The van der Waals surface area contributed by atoms with E-state index in [0.717, 1.165) is 19.4 Å². The van der Waals surface area contributed by atoms with Gasteiger partial charge in [0.15, 0.2) is 5.69 Å². The molecular formula is C16H18ClN3O. The van der Waals surface area contributed by atoms with Gasteiger partial charge in [-0.05, 0) is 25.3 Å². The first kappa shape index (κ1) is 14.1. The number of nitrogens with zero attached hydrogens (tertiary/aromatic N) is 3. The minimum absolute atomic E-state index is 0.0791. The van der Waals surface area contributed by atoms with Gasteiger partial charge < -0.3 is 4.90 Å². The summed E-state index contributed by atoms with van der Waals surface area (Å²) in [7, 11) is 1.77. The van der Waals surface area contributed by atoms with Crippen LogP contribution >= 0.6 is 11.6 Å². The molecule has 1 aliphatic heterocycles. The van der Waals surface area contributed by atoms with Crippen molar-refractivity contribution >= 4 is 17.5 Å². The van der Waals surface area contributed by atoms with Crippen molar-refractivity contribution < 1.29 is 4.79 Å². The van der Waals surface area contributed by atoms with E-state index in [1.54, 1.807) is 17.9 Å². The van der Waals surface area contributed by atoms with Crippen molar-refractivity contribution in [3.8, 4) is 0 Å². The first-order chi connectivity index (χ1) is 10.1. The third-order valence-electron chi connectivity index (χ3n) is 3.93. The van der Waals surface area contributed by atoms with Crippen molar-refractivity contribution in [3.05, 3.63) is 52.3 Å². The van der Waals surface area contributed by atoms with E-state index < -0.39 is 0 Å². The molecule has 1 amide bonds. The van der Waals surface area contributed by atoms with Gasteiger partial charge in [0.05, 0.1) is 11.1 Å². The first-order valence-corrected chi connectivity index (χ1v) is 7.51. The molecule has 2 aromatic rings. The molecule has 110 valence electrons. The van der Waals surface area contributed by atoms with E-state index in [9.17, 15) is 4.79 Å². The normalized spacial score (nSPS) is 18.2. The summed E-state index contributed by atoms with van der Waals surface area (Å²) in [5, 5.41) is 4.61. The van der Waals surface area contributed by atoms with Gasteiger partial charge in [-0.25, -0.2) is 0 Å². The maximum atomic E-state index is 12.7. The van der Waals surface area contributed by atoms with Crippen LogP contribution < -0.4 is 0 Å². The van der Waals surface area contributed by atoms with E-state index in [2.05, 4.69) is 30.2 Å². The molecular weight excluding hydrogens is 286 g/mol. The molecule has 1 saturated heterocycles. The molecule has 0 N–H and O–H groups in total. The molecule has 1 aliphatic rings. The number of halogens is 1. The Morgan fingerprint density at radius 2 is 2.24 bits per heavy atom. The fraction of sp³-hybridized carbons (Fsp3) is 0.375. The van der Waals surface area contributed by atoms with Crippen molar-refractivity contribution in [2.45, 2.75) is 25.8 Å². The predicted molar refractivity (Wildman–Crippen MR) is 82.4 cm³/mol. The van der Waals surface area contributed by atoms with E-state index in [4.69, 9.17) is 11.6 Å². The van der Waals surface area contributed by atoms with E-state index in [-0.39, 0.29) is 11.9 Å². The van der Waals surface area contributed by atoms with Gasteiger partial charge in [0.2, 0.25) is 0 Å². The van der Waals surface area contributed by atoms with E-state index in [1.807, 2.05) is 11.0 Å². The van der Waals surface area contributed by atoms with Crippen molar-refractivity contribution in [2.24, 2.45) is 7.05 Å². The summed E-state index contributed by atoms with van der Waals surface area (Å²) < 4.78 is 1.58. The van der Waals surface area contributed by atoms with Crippen LogP contribution in [-0.2, 0) is 7.05 Å². The van der Waals surface area contributed by atoms with Crippen LogP contribution in [0.4, 0.5) is 0 Å². The van der Waals surface area contributed by atoms with E-state index in [1.165, 1.54) is 11.1 Å². The lowest BCUT2D eigenvalue weighted by molar-refractivity contribution is 0.0729. The summed E-state index contributed by atoms with van der Waals surface area (Å²) in [6, 6.07) is 8.47.